The Bertz CT molecular complexity index is 509. The Balaban J connectivity index is 2.36. The Hall–Kier alpha value is -1.38. The number of H-pyrrole nitrogens is 1. The van der Waals surface area contributed by atoms with E-state index in [-0.39, 0.29) is 17.9 Å². The Morgan fingerprint density at radius 1 is 1.53 bits per heavy atom. The molecule has 17 heavy (non-hydrogen) atoms. The van der Waals surface area contributed by atoms with E-state index in [1.54, 1.807) is 0 Å². The van der Waals surface area contributed by atoms with Gasteiger partial charge in [0, 0.05) is 25.4 Å². The zero-order chi connectivity index (χ0) is 12.6. The van der Waals surface area contributed by atoms with Crippen LogP contribution in [0.4, 0.5) is 0 Å². The maximum absolute atomic E-state index is 12.1. The van der Waals surface area contributed by atoms with E-state index >= 15 is 0 Å². The van der Waals surface area contributed by atoms with E-state index < -0.39 is 28.1 Å². The van der Waals surface area contributed by atoms with Crippen LogP contribution in [0.2, 0.25) is 0 Å². The van der Waals surface area contributed by atoms with Crippen LogP contribution < -0.4 is 0 Å². The van der Waals surface area contributed by atoms with Crippen molar-refractivity contribution in [1.29, 1.82) is 0 Å². The fraction of sp³-hybridized carbons (Fsp3) is 0.444. The quantitative estimate of drug-likeness (QED) is 0.660. The van der Waals surface area contributed by atoms with Gasteiger partial charge in [0.25, 0.3) is 0 Å². The minimum Gasteiger partial charge on any atom is -0.480 e. The molecule has 0 spiro atoms. The highest BCUT2D eigenvalue weighted by molar-refractivity contribution is 7.89. The van der Waals surface area contributed by atoms with Gasteiger partial charge in [-0.2, -0.15) is 4.31 Å². The number of rotatable bonds is 3. The second kappa shape index (κ2) is 4.13. The number of aliphatic hydroxyl groups is 1. The molecule has 7 nitrogen and oxygen atoms in total. The molecule has 2 heterocycles. The Morgan fingerprint density at radius 2 is 2.24 bits per heavy atom. The molecule has 2 atom stereocenters. The minimum atomic E-state index is -3.86. The molecule has 0 unspecified atom stereocenters. The van der Waals surface area contributed by atoms with Crippen molar-refractivity contribution in [3.63, 3.8) is 0 Å². The summed E-state index contributed by atoms with van der Waals surface area (Å²) in [4.78, 5) is 13.5. The molecule has 1 aliphatic heterocycles. The lowest BCUT2D eigenvalue weighted by atomic mass is 10.2. The summed E-state index contributed by atoms with van der Waals surface area (Å²) in [5, 5.41) is 18.3. The molecule has 3 N–H and O–H groups in total. The molecule has 0 radical (unpaired) electrons. The first-order chi connectivity index (χ1) is 7.93. The standard InChI is InChI=1S/C9H12N2O5S/c12-6-3-8(9(13)14)11(5-6)17(15,16)7-1-2-10-4-7/h1-2,4,6,8,10,12H,3,5H2,(H,13,14)/t6-,8+/m1/s1. The molecule has 1 saturated heterocycles. The molecule has 1 aromatic rings. The predicted molar refractivity (Wildman–Crippen MR) is 56.7 cm³/mol. The molecular formula is C9H12N2O5S. The summed E-state index contributed by atoms with van der Waals surface area (Å²) in [6.45, 7) is -0.190. The van der Waals surface area contributed by atoms with E-state index in [9.17, 15) is 18.3 Å². The van der Waals surface area contributed by atoms with Crippen molar-refractivity contribution in [2.24, 2.45) is 0 Å². The van der Waals surface area contributed by atoms with E-state index in [0.717, 1.165) is 4.31 Å². The third-order valence-corrected chi connectivity index (χ3v) is 4.57. The number of aliphatic hydroxyl groups excluding tert-OH is 1. The molecule has 8 heteroatoms. The molecule has 0 saturated carbocycles. The first-order valence-electron chi connectivity index (χ1n) is 4.98. The van der Waals surface area contributed by atoms with E-state index in [4.69, 9.17) is 5.11 Å². The highest BCUT2D eigenvalue weighted by Crippen LogP contribution is 2.26. The lowest BCUT2D eigenvalue weighted by Crippen LogP contribution is -2.40. The molecule has 94 valence electrons. The average Bonchev–Trinajstić information content (AvgIpc) is 2.84. The topological polar surface area (TPSA) is 111 Å². The van der Waals surface area contributed by atoms with Crippen LogP contribution in [-0.4, -0.2) is 52.6 Å². The van der Waals surface area contributed by atoms with E-state index in [1.807, 2.05) is 0 Å². The lowest BCUT2D eigenvalue weighted by molar-refractivity contribution is -0.140. The van der Waals surface area contributed by atoms with E-state index in [1.165, 1.54) is 18.5 Å². The zero-order valence-corrected chi connectivity index (χ0v) is 9.59. The Morgan fingerprint density at radius 3 is 2.76 bits per heavy atom. The van der Waals surface area contributed by atoms with Gasteiger partial charge in [-0.25, -0.2) is 8.42 Å². The van der Waals surface area contributed by atoms with Crippen LogP contribution in [-0.2, 0) is 14.8 Å². The van der Waals surface area contributed by atoms with Crippen LogP contribution in [0, 0.1) is 0 Å². The predicted octanol–water partition coefficient (Wildman–Crippen LogP) is -0.777. The number of hydrogen-bond acceptors (Lipinski definition) is 4. The number of β-amino-alcohol motifs (C(OH)–C–C–N with tert-alkyl or cyclic N) is 1. The van der Waals surface area contributed by atoms with Gasteiger partial charge in [-0.05, 0) is 6.07 Å². The Kier molecular flexibility index (Phi) is 2.94. The van der Waals surface area contributed by atoms with Crippen molar-refractivity contribution in [2.75, 3.05) is 6.54 Å². The number of aliphatic carboxylic acids is 1. The van der Waals surface area contributed by atoms with Crippen LogP contribution in [0.15, 0.2) is 23.4 Å². The third kappa shape index (κ3) is 2.06. The number of nitrogens with zero attached hydrogens (tertiary/aromatic N) is 1. The number of carboxylic acid groups (broad SMARTS) is 1. The third-order valence-electron chi connectivity index (χ3n) is 2.69. The van der Waals surface area contributed by atoms with Crippen LogP contribution in [0.3, 0.4) is 0 Å². The molecule has 2 rings (SSSR count). The van der Waals surface area contributed by atoms with Gasteiger partial charge in [0.1, 0.15) is 6.04 Å². The summed E-state index contributed by atoms with van der Waals surface area (Å²) in [5.74, 6) is -1.25. The van der Waals surface area contributed by atoms with Gasteiger partial charge in [0.15, 0.2) is 0 Å². The monoisotopic (exact) mass is 260 g/mol. The fourth-order valence-corrected chi connectivity index (χ4v) is 3.49. The molecule has 0 aromatic carbocycles. The second-order valence-corrected chi connectivity index (χ2v) is 5.76. The number of hydrogen-bond donors (Lipinski definition) is 3. The summed E-state index contributed by atoms with van der Waals surface area (Å²) in [7, 11) is -3.86. The van der Waals surface area contributed by atoms with Gasteiger partial charge in [0.2, 0.25) is 10.0 Å². The highest BCUT2D eigenvalue weighted by atomic mass is 32.2. The summed E-state index contributed by atoms with van der Waals surface area (Å²) < 4.78 is 25.0. The SMILES string of the molecule is O=C(O)[C@@H]1C[C@@H](O)CN1S(=O)(=O)c1cc[nH]c1. The molecule has 1 aromatic heterocycles. The van der Waals surface area contributed by atoms with Crippen LogP contribution in [0.1, 0.15) is 6.42 Å². The number of aromatic amines is 1. The van der Waals surface area contributed by atoms with Gasteiger partial charge in [-0.1, -0.05) is 0 Å². The molecular weight excluding hydrogens is 248 g/mol. The normalized spacial score (nSPS) is 26.2. The second-order valence-electron chi connectivity index (χ2n) is 3.86. The minimum absolute atomic E-state index is 0.00199. The number of nitrogens with one attached hydrogen (secondary N) is 1. The number of carboxylic acids is 1. The van der Waals surface area contributed by atoms with Crippen molar-refractivity contribution in [2.45, 2.75) is 23.5 Å². The molecule has 0 aliphatic carbocycles. The van der Waals surface area contributed by atoms with Crippen LogP contribution >= 0.6 is 0 Å². The maximum atomic E-state index is 12.1. The maximum Gasteiger partial charge on any atom is 0.322 e. The summed E-state index contributed by atoms with van der Waals surface area (Å²) >= 11 is 0. The van der Waals surface area contributed by atoms with Crippen molar-refractivity contribution < 1.29 is 23.4 Å². The first-order valence-corrected chi connectivity index (χ1v) is 6.42. The van der Waals surface area contributed by atoms with E-state index in [2.05, 4.69) is 4.98 Å². The van der Waals surface area contributed by atoms with Gasteiger partial charge in [-0.3, -0.25) is 4.79 Å². The highest BCUT2D eigenvalue weighted by Gasteiger charge is 2.43. The van der Waals surface area contributed by atoms with Crippen LogP contribution in [0.5, 0.6) is 0 Å². The number of sulfonamides is 1. The van der Waals surface area contributed by atoms with Crippen molar-refractivity contribution >= 4 is 16.0 Å². The average molecular weight is 260 g/mol. The summed E-state index contributed by atoms with van der Waals surface area (Å²) in [6, 6.07) is 0.142. The Labute approximate surface area is 97.7 Å². The summed E-state index contributed by atoms with van der Waals surface area (Å²) in [6.07, 6.45) is 1.69. The molecule has 1 aliphatic rings. The van der Waals surface area contributed by atoms with Crippen molar-refractivity contribution in [1.82, 2.24) is 9.29 Å². The number of aromatic nitrogens is 1. The molecule has 0 bridgehead atoms. The smallest absolute Gasteiger partial charge is 0.322 e. The zero-order valence-electron chi connectivity index (χ0n) is 8.78. The van der Waals surface area contributed by atoms with Gasteiger partial charge >= 0.3 is 5.97 Å². The lowest BCUT2D eigenvalue weighted by Gasteiger charge is -2.19. The summed E-state index contributed by atoms with van der Waals surface area (Å²) in [5.41, 5.74) is 0. The largest absolute Gasteiger partial charge is 0.480 e. The van der Waals surface area contributed by atoms with E-state index in [0.29, 0.717) is 0 Å². The van der Waals surface area contributed by atoms with Gasteiger partial charge < -0.3 is 15.2 Å². The molecule has 0 amide bonds. The van der Waals surface area contributed by atoms with Gasteiger partial charge in [0.05, 0.1) is 11.0 Å². The van der Waals surface area contributed by atoms with Crippen molar-refractivity contribution in [3.05, 3.63) is 18.5 Å². The first kappa shape index (κ1) is 12.1. The number of carbonyl (C=O) groups is 1. The van der Waals surface area contributed by atoms with Gasteiger partial charge in [-0.15, -0.1) is 0 Å². The fourth-order valence-electron chi connectivity index (χ4n) is 1.88. The molecule has 1 fully saturated rings. The van der Waals surface area contributed by atoms with Crippen LogP contribution in [0.25, 0.3) is 0 Å². The van der Waals surface area contributed by atoms with Crippen molar-refractivity contribution in [3.8, 4) is 0 Å².